The Morgan fingerprint density at radius 2 is 1.94 bits per heavy atom. The molecular weight excluding hydrogens is 236 g/mol. The number of hydrogen-bond acceptors (Lipinski definition) is 5. The molecule has 0 saturated carbocycles. The summed E-state index contributed by atoms with van der Waals surface area (Å²) in [6.07, 6.45) is 0.666. The summed E-state index contributed by atoms with van der Waals surface area (Å²) in [6.45, 7) is 10.0. The van der Waals surface area contributed by atoms with Crippen molar-refractivity contribution in [2.75, 3.05) is 33.7 Å². The Hall–Kier alpha value is -1.07. The van der Waals surface area contributed by atoms with Crippen molar-refractivity contribution in [2.24, 2.45) is 5.41 Å². The average Bonchev–Trinajstić information content (AvgIpc) is 2.33. The first-order valence-electron chi connectivity index (χ1n) is 5.98. The fourth-order valence-electron chi connectivity index (χ4n) is 1.19. The number of hydrogen-bond donors (Lipinski definition) is 0. The van der Waals surface area contributed by atoms with Crippen molar-refractivity contribution in [3.05, 3.63) is 12.3 Å². The molecule has 106 valence electrons. The van der Waals surface area contributed by atoms with Gasteiger partial charge in [-0.3, -0.25) is 4.79 Å². The predicted octanol–water partition coefficient (Wildman–Crippen LogP) is 2.12. The van der Waals surface area contributed by atoms with Gasteiger partial charge in [0.2, 0.25) is 0 Å². The molecule has 0 rings (SSSR count). The van der Waals surface area contributed by atoms with Gasteiger partial charge in [-0.25, -0.2) is 0 Å². The summed E-state index contributed by atoms with van der Waals surface area (Å²) in [5.74, 6) is 0.321. The fourth-order valence-corrected chi connectivity index (χ4v) is 1.19. The number of carbonyl (C=O) groups excluding carboxylic acids is 1. The van der Waals surface area contributed by atoms with Crippen LogP contribution in [0.15, 0.2) is 12.3 Å². The second kappa shape index (κ2) is 8.94. The summed E-state index contributed by atoms with van der Waals surface area (Å²) in [5.41, 5.74) is -0.594. The van der Waals surface area contributed by atoms with E-state index in [2.05, 4.69) is 6.58 Å². The van der Waals surface area contributed by atoms with Crippen molar-refractivity contribution in [2.45, 2.75) is 27.2 Å². The third-order valence-corrected chi connectivity index (χ3v) is 2.59. The van der Waals surface area contributed by atoms with Crippen molar-refractivity contribution in [3.8, 4) is 0 Å². The van der Waals surface area contributed by atoms with Gasteiger partial charge in [0.1, 0.15) is 6.61 Å². The van der Waals surface area contributed by atoms with Gasteiger partial charge < -0.3 is 18.9 Å². The van der Waals surface area contributed by atoms with E-state index in [4.69, 9.17) is 18.9 Å². The summed E-state index contributed by atoms with van der Waals surface area (Å²) in [7, 11) is 1.57. The lowest BCUT2D eigenvalue weighted by Crippen LogP contribution is -2.34. The molecule has 0 aromatic heterocycles. The largest absolute Gasteiger partial charge is 0.473 e. The highest BCUT2D eigenvalue weighted by molar-refractivity contribution is 5.76. The Bertz CT molecular complexity index is 264. The van der Waals surface area contributed by atoms with Crippen molar-refractivity contribution in [1.82, 2.24) is 0 Å². The highest BCUT2D eigenvalue weighted by atomic mass is 16.7. The summed E-state index contributed by atoms with van der Waals surface area (Å²) < 4.78 is 20.3. The molecule has 0 spiro atoms. The second-order valence-corrected chi connectivity index (χ2v) is 4.36. The van der Waals surface area contributed by atoms with Crippen LogP contribution >= 0.6 is 0 Å². The molecule has 0 heterocycles. The molecule has 5 heteroatoms. The molecule has 1 unspecified atom stereocenters. The van der Waals surface area contributed by atoms with Crippen molar-refractivity contribution in [1.29, 1.82) is 0 Å². The maximum Gasteiger partial charge on any atom is 0.314 e. The molecule has 0 aliphatic carbocycles. The normalized spacial score (nSPS) is 13.8. The molecule has 0 amide bonds. The van der Waals surface area contributed by atoms with Crippen molar-refractivity contribution in [3.63, 3.8) is 0 Å². The standard InChI is InChI=1S/C13H24O5/c1-6-13(4,9-15-5)12(14)17-8-7-16-10-18-11(2)3/h2,6-10H2,1,3-5H3. The molecule has 0 fully saturated rings. The minimum Gasteiger partial charge on any atom is -0.473 e. The van der Waals surface area contributed by atoms with Gasteiger partial charge in [-0.2, -0.15) is 0 Å². The van der Waals surface area contributed by atoms with E-state index in [1.165, 1.54) is 0 Å². The topological polar surface area (TPSA) is 54.0 Å². The van der Waals surface area contributed by atoms with Crippen LogP contribution in [-0.2, 0) is 23.7 Å². The van der Waals surface area contributed by atoms with Gasteiger partial charge in [0.15, 0.2) is 6.79 Å². The lowest BCUT2D eigenvalue weighted by Gasteiger charge is -2.24. The molecule has 1 atom stereocenters. The summed E-state index contributed by atoms with van der Waals surface area (Å²) >= 11 is 0. The predicted molar refractivity (Wildman–Crippen MR) is 68.0 cm³/mol. The number of carbonyl (C=O) groups is 1. The Kier molecular flexibility index (Phi) is 8.41. The quantitative estimate of drug-likeness (QED) is 0.261. The van der Waals surface area contributed by atoms with E-state index < -0.39 is 5.41 Å². The van der Waals surface area contributed by atoms with Crippen LogP contribution in [0.25, 0.3) is 0 Å². The van der Waals surface area contributed by atoms with E-state index >= 15 is 0 Å². The van der Waals surface area contributed by atoms with Crippen LogP contribution in [0.1, 0.15) is 27.2 Å². The lowest BCUT2D eigenvalue weighted by molar-refractivity contribution is -0.161. The third kappa shape index (κ3) is 6.61. The first kappa shape index (κ1) is 16.9. The molecule has 5 nitrogen and oxygen atoms in total. The van der Waals surface area contributed by atoms with Crippen LogP contribution in [0.4, 0.5) is 0 Å². The average molecular weight is 260 g/mol. The van der Waals surface area contributed by atoms with Crippen LogP contribution in [0.2, 0.25) is 0 Å². The lowest BCUT2D eigenvalue weighted by atomic mass is 9.89. The van der Waals surface area contributed by atoms with Crippen LogP contribution in [-0.4, -0.2) is 39.7 Å². The smallest absolute Gasteiger partial charge is 0.314 e. The minimum atomic E-state index is -0.594. The summed E-state index contributed by atoms with van der Waals surface area (Å²) in [4.78, 5) is 11.8. The van der Waals surface area contributed by atoms with E-state index in [9.17, 15) is 4.79 Å². The zero-order valence-corrected chi connectivity index (χ0v) is 11.8. The zero-order chi connectivity index (χ0) is 14.0. The molecule has 0 aromatic rings. The Morgan fingerprint density at radius 1 is 1.28 bits per heavy atom. The number of ether oxygens (including phenoxy) is 4. The van der Waals surface area contributed by atoms with Crippen LogP contribution in [0.3, 0.4) is 0 Å². The van der Waals surface area contributed by atoms with Gasteiger partial charge in [0, 0.05) is 7.11 Å². The summed E-state index contributed by atoms with van der Waals surface area (Å²) in [5, 5.41) is 0. The van der Waals surface area contributed by atoms with Gasteiger partial charge >= 0.3 is 5.97 Å². The van der Waals surface area contributed by atoms with Crippen molar-refractivity contribution < 1.29 is 23.7 Å². The Labute approximate surface area is 109 Å². The molecule has 18 heavy (non-hydrogen) atoms. The summed E-state index contributed by atoms with van der Waals surface area (Å²) in [6, 6.07) is 0. The Balaban J connectivity index is 3.78. The maximum atomic E-state index is 11.8. The molecular formula is C13H24O5. The first-order valence-corrected chi connectivity index (χ1v) is 5.98. The van der Waals surface area contributed by atoms with Gasteiger partial charge in [-0.15, -0.1) is 0 Å². The van der Waals surface area contributed by atoms with E-state index in [1.807, 2.05) is 13.8 Å². The molecule has 0 aliphatic heterocycles. The molecule has 0 radical (unpaired) electrons. The number of allylic oxidation sites excluding steroid dienone is 1. The van der Waals surface area contributed by atoms with E-state index in [0.717, 1.165) is 0 Å². The molecule has 0 bridgehead atoms. The first-order chi connectivity index (χ1) is 8.46. The van der Waals surface area contributed by atoms with Crippen LogP contribution < -0.4 is 0 Å². The highest BCUT2D eigenvalue weighted by Crippen LogP contribution is 2.23. The molecule has 0 saturated heterocycles. The van der Waals surface area contributed by atoms with Crippen LogP contribution in [0, 0.1) is 5.41 Å². The fraction of sp³-hybridized carbons (Fsp3) is 0.769. The molecule has 0 aliphatic rings. The zero-order valence-electron chi connectivity index (χ0n) is 11.8. The van der Waals surface area contributed by atoms with E-state index in [0.29, 0.717) is 25.4 Å². The van der Waals surface area contributed by atoms with E-state index in [-0.39, 0.29) is 19.4 Å². The minimum absolute atomic E-state index is 0.121. The number of esters is 1. The Morgan fingerprint density at radius 3 is 2.44 bits per heavy atom. The van der Waals surface area contributed by atoms with Gasteiger partial charge in [0.05, 0.1) is 24.4 Å². The van der Waals surface area contributed by atoms with Crippen LogP contribution in [0.5, 0.6) is 0 Å². The second-order valence-electron chi connectivity index (χ2n) is 4.36. The SMILES string of the molecule is C=C(C)OCOCCOC(=O)C(C)(CC)COC. The maximum absolute atomic E-state index is 11.8. The van der Waals surface area contributed by atoms with Gasteiger partial charge in [-0.05, 0) is 20.3 Å². The monoisotopic (exact) mass is 260 g/mol. The third-order valence-electron chi connectivity index (χ3n) is 2.59. The molecule has 0 aromatic carbocycles. The number of methoxy groups -OCH3 is 1. The highest BCUT2D eigenvalue weighted by Gasteiger charge is 2.32. The van der Waals surface area contributed by atoms with Gasteiger partial charge in [-0.1, -0.05) is 13.5 Å². The number of rotatable bonds is 10. The van der Waals surface area contributed by atoms with Crippen molar-refractivity contribution >= 4 is 5.97 Å². The van der Waals surface area contributed by atoms with E-state index in [1.54, 1.807) is 14.0 Å². The van der Waals surface area contributed by atoms with Gasteiger partial charge in [0.25, 0.3) is 0 Å². The molecule has 0 N–H and O–H groups in total.